The summed E-state index contributed by atoms with van der Waals surface area (Å²) in [4.78, 5) is 0. The Kier molecular flexibility index (Phi) is 3.62. The maximum Gasteiger partial charge on any atom is 0.0187 e. The van der Waals surface area contributed by atoms with Crippen molar-refractivity contribution in [3.8, 4) is 0 Å². The van der Waals surface area contributed by atoms with E-state index in [1.54, 1.807) is 11.1 Å². The van der Waals surface area contributed by atoms with Gasteiger partial charge in [-0.3, -0.25) is 0 Å². The van der Waals surface area contributed by atoms with Crippen molar-refractivity contribution in [2.75, 3.05) is 0 Å². The molecule has 0 radical (unpaired) electrons. The third-order valence-electron chi connectivity index (χ3n) is 3.82. The molecular formula is C15H21I. The molecule has 3 atom stereocenters. The molecule has 88 valence electrons. The fourth-order valence-corrected chi connectivity index (χ4v) is 5.00. The SMILES string of the molecule is Cc1ccc2c(c1)[C@H](C(C)C)[C@H](I)C[C@@H]2C. The minimum atomic E-state index is 0.729. The van der Waals surface area contributed by atoms with Gasteiger partial charge in [0.15, 0.2) is 0 Å². The van der Waals surface area contributed by atoms with Crippen LogP contribution in [-0.2, 0) is 0 Å². The van der Waals surface area contributed by atoms with E-state index in [9.17, 15) is 0 Å². The Morgan fingerprint density at radius 1 is 1.25 bits per heavy atom. The van der Waals surface area contributed by atoms with Crippen LogP contribution in [0.1, 0.15) is 55.7 Å². The summed E-state index contributed by atoms with van der Waals surface area (Å²) < 4.78 is 0.793. The zero-order valence-corrected chi connectivity index (χ0v) is 12.8. The summed E-state index contributed by atoms with van der Waals surface area (Å²) in [5, 5.41) is 0. The Bertz CT molecular complexity index is 381. The van der Waals surface area contributed by atoms with E-state index in [-0.39, 0.29) is 0 Å². The Morgan fingerprint density at radius 2 is 1.94 bits per heavy atom. The third-order valence-corrected chi connectivity index (χ3v) is 5.10. The highest BCUT2D eigenvalue weighted by Gasteiger charge is 2.33. The maximum atomic E-state index is 2.66. The molecule has 0 amide bonds. The summed E-state index contributed by atoms with van der Waals surface area (Å²) in [6, 6.07) is 7.04. The predicted molar refractivity (Wildman–Crippen MR) is 79.6 cm³/mol. The molecular weight excluding hydrogens is 307 g/mol. The topological polar surface area (TPSA) is 0 Å². The van der Waals surface area contributed by atoms with Crippen molar-refractivity contribution in [3.05, 3.63) is 34.9 Å². The van der Waals surface area contributed by atoms with Crippen molar-refractivity contribution in [2.24, 2.45) is 5.92 Å². The summed E-state index contributed by atoms with van der Waals surface area (Å²) in [7, 11) is 0. The Morgan fingerprint density at radius 3 is 2.56 bits per heavy atom. The molecule has 1 aliphatic carbocycles. The zero-order chi connectivity index (χ0) is 11.9. The lowest BCUT2D eigenvalue weighted by Gasteiger charge is -2.36. The van der Waals surface area contributed by atoms with E-state index in [0.29, 0.717) is 0 Å². The normalized spacial score (nSPS) is 29.2. The van der Waals surface area contributed by atoms with Crippen LogP contribution in [-0.4, -0.2) is 3.92 Å². The van der Waals surface area contributed by atoms with E-state index < -0.39 is 0 Å². The first kappa shape index (κ1) is 12.4. The van der Waals surface area contributed by atoms with Gasteiger partial charge < -0.3 is 0 Å². The molecule has 1 aromatic rings. The number of halogens is 1. The predicted octanol–water partition coefficient (Wildman–Crippen LogP) is 5.05. The fraction of sp³-hybridized carbons (Fsp3) is 0.600. The summed E-state index contributed by atoms with van der Waals surface area (Å²) in [5.41, 5.74) is 4.62. The molecule has 0 unspecified atom stereocenters. The molecule has 1 aliphatic rings. The van der Waals surface area contributed by atoms with E-state index in [1.165, 1.54) is 12.0 Å². The van der Waals surface area contributed by atoms with Crippen LogP contribution in [0, 0.1) is 12.8 Å². The first-order valence-corrected chi connectivity index (χ1v) is 7.49. The highest BCUT2D eigenvalue weighted by Crippen LogP contribution is 2.45. The number of fused-ring (bicyclic) bond motifs is 1. The smallest absolute Gasteiger partial charge is 0.0187 e. The summed E-state index contributed by atoms with van der Waals surface area (Å²) >= 11 is 2.66. The van der Waals surface area contributed by atoms with E-state index in [2.05, 4.69) is 68.5 Å². The van der Waals surface area contributed by atoms with Crippen LogP contribution in [0.2, 0.25) is 0 Å². The van der Waals surface area contributed by atoms with Crippen LogP contribution in [0.25, 0.3) is 0 Å². The van der Waals surface area contributed by atoms with Crippen molar-refractivity contribution in [1.82, 2.24) is 0 Å². The first-order chi connectivity index (χ1) is 7.50. The molecule has 2 rings (SSSR count). The van der Waals surface area contributed by atoms with E-state index in [4.69, 9.17) is 0 Å². The maximum absolute atomic E-state index is 2.66. The average molecular weight is 328 g/mol. The summed E-state index contributed by atoms with van der Waals surface area (Å²) in [6.45, 7) is 9.30. The van der Waals surface area contributed by atoms with Crippen LogP contribution in [0.5, 0.6) is 0 Å². The van der Waals surface area contributed by atoms with E-state index in [0.717, 1.165) is 21.7 Å². The Hall–Kier alpha value is -0.0500. The van der Waals surface area contributed by atoms with Gasteiger partial charge in [0.1, 0.15) is 0 Å². The van der Waals surface area contributed by atoms with Gasteiger partial charge in [-0.1, -0.05) is 67.1 Å². The van der Waals surface area contributed by atoms with Gasteiger partial charge in [-0.05, 0) is 42.2 Å². The molecule has 0 nitrogen and oxygen atoms in total. The summed E-state index contributed by atoms with van der Waals surface area (Å²) in [6.07, 6.45) is 1.33. The van der Waals surface area contributed by atoms with Crippen molar-refractivity contribution in [2.45, 2.75) is 49.9 Å². The molecule has 0 aliphatic heterocycles. The molecule has 0 N–H and O–H groups in total. The molecule has 0 bridgehead atoms. The second-order valence-electron chi connectivity index (χ2n) is 5.55. The van der Waals surface area contributed by atoms with Crippen LogP contribution >= 0.6 is 22.6 Å². The lowest BCUT2D eigenvalue weighted by molar-refractivity contribution is 0.432. The van der Waals surface area contributed by atoms with Crippen molar-refractivity contribution >= 4 is 22.6 Å². The molecule has 0 fully saturated rings. The van der Waals surface area contributed by atoms with E-state index in [1.807, 2.05) is 0 Å². The van der Waals surface area contributed by atoms with Gasteiger partial charge in [0.2, 0.25) is 0 Å². The van der Waals surface area contributed by atoms with Crippen LogP contribution in [0.4, 0.5) is 0 Å². The number of hydrogen-bond acceptors (Lipinski definition) is 0. The molecule has 16 heavy (non-hydrogen) atoms. The monoisotopic (exact) mass is 328 g/mol. The summed E-state index contributed by atoms with van der Waals surface area (Å²) in [5.74, 6) is 2.22. The second-order valence-corrected chi connectivity index (χ2v) is 7.15. The quantitative estimate of drug-likeness (QED) is 0.500. The second kappa shape index (κ2) is 4.67. The van der Waals surface area contributed by atoms with Gasteiger partial charge in [-0.2, -0.15) is 0 Å². The molecule has 0 heterocycles. The van der Waals surface area contributed by atoms with Gasteiger partial charge in [0, 0.05) is 3.92 Å². The van der Waals surface area contributed by atoms with Crippen LogP contribution in [0.15, 0.2) is 18.2 Å². The van der Waals surface area contributed by atoms with Gasteiger partial charge in [-0.15, -0.1) is 0 Å². The zero-order valence-electron chi connectivity index (χ0n) is 10.6. The number of rotatable bonds is 1. The van der Waals surface area contributed by atoms with Crippen LogP contribution < -0.4 is 0 Å². The highest BCUT2D eigenvalue weighted by atomic mass is 127. The van der Waals surface area contributed by atoms with Crippen molar-refractivity contribution in [1.29, 1.82) is 0 Å². The lowest BCUT2D eigenvalue weighted by atomic mass is 9.72. The largest absolute Gasteiger partial charge is 0.0819 e. The highest BCUT2D eigenvalue weighted by molar-refractivity contribution is 14.1. The van der Waals surface area contributed by atoms with Gasteiger partial charge in [0.05, 0.1) is 0 Å². The average Bonchev–Trinajstić information content (AvgIpc) is 2.15. The minimum absolute atomic E-state index is 0.729. The number of benzene rings is 1. The van der Waals surface area contributed by atoms with Crippen molar-refractivity contribution < 1.29 is 0 Å². The van der Waals surface area contributed by atoms with Gasteiger partial charge >= 0.3 is 0 Å². The Balaban J connectivity index is 2.51. The standard InChI is InChI=1S/C15H21I/c1-9(2)15-13-7-10(3)5-6-12(13)11(4)8-14(15)16/h5-7,9,11,14-15H,8H2,1-4H3/t11-,14+,15-/m0/s1. The van der Waals surface area contributed by atoms with Crippen molar-refractivity contribution in [3.63, 3.8) is 0 Å². The van der Waals surface area contributed by atoms with Crippen LogP contribution in [0.3, 0.4) is 0 Å². The number of hydrogen-bond donors (Lipinski definition) is 0. The van der Waals surface area contributed by atoms with Gasteiger partial charge in [0.25, 0.3) is 0 Å². The molecule has 0 saturated carbocycles. The Labute approximate surface area is 113 Å². The van der Waals surface area contributed by atoms with Gasteiger partial charge in [-0.25, -0.2) is 0 Å². The number of alkyl halides is 1. The fourth-order valence-electron chi connectivity index (χ4n) is 3.01. The lowest BCUT2D eigenvalue weighted by Crippen LogP contribution is -2.26. The number of aryl methyl sites for hydroxylation is 1. The molecule has 1 aromatic carbocycles. The van der Waals surface area contributed by atoms with E-state index >= 15 is 0 Å². The molecule has 0 spiro atoms. The minimum Gasteiger partial charge on any atom is -0.0819 e. The third kappa shape index (κ3) is 2.15. The molecule has 1 heteroatoms. The molecule has 0 aromatic heterocycles. The first-order valence-electron chi connectivity index (χ1n) is 6.25. The molecule has 0 saturated heterocycles.